The van der Waals surface area contributed by atoms with Crippen LogP contribution in [0.2, 0.25) is 0 Å². The van der Waals surface area contributed by atoms with Gasteiger partial charge in [0.2, 0.25) is 11.8 Å². The molecule has 0 amide bonds. The van der Waals surface area contributed by atoms with Crippen molar-refractivity contribution in [3.05, 3.63) is 70.1 Å². The topological polar surface area (TPSA) is 94.1 Å². The van der Waals surface area contributed by atoms with Gasteiger partial charge in [-0.15, -0.1) is 10.2 Å². The number of anilines is 1. The SMILES string of the molecule is Cc1nnc(-c2ccc(N[C@@H](C)c3cccc([N+](=O)[O-])c3)cc2)o1. The van der Waals surface area contributed by atoms with Crippen molar-refractivity contribution in [3.8, 4) is 11.5 Å². The van der Waals surface area contributed by atoms with Gasteiger partial charge in [0.1, 0.15) is 0 Å². The molecule has 3 rings (SSSR count). The Kier molecular flexibility index (Phi) is 4.24. The van der Waals surface area contributed by atoms with Gasteiger partial charge in [0.15, 0.2) is 0 Å². The van der Waals surface area contributed by atoms with Crippen LogP contribution in [-0.2, 0) is 0 Å². The third-order valence-electron chi connectivity index (χ3n) is 3.62. The van der Waals surface area contributed by atoms with Gasteiger partial charge in [-0.05, 0) is 36.8 Å². The Hall–Kier alpha value is -3.22. The summed E-state index contributed by atoms with van der Waals surface area (Å²) in [7, 11) is 0. The third-order valence-corrected chi connectivity index (χ3v) is 3.62. The molecule has 0 saturated carbocycles. The van der Waals surface area contributed by atoms with Crippen LogP contribution in [0.1, 0.15) is 24.4 Å². The smallest absolute Gasteiger partial charge is 0.269 e. The number of nitro benzene ring substituents is 1. The number of aromatic nitrogens is 2. The lowest BCUT2D eigenvalue weighted by atomic mass is 10.1. The van der Waals surface area contributed by atoms with Crippen LogP contribution < -0.4 is 5.32 Å². The van der Waals surface area contributed by atoms with E-state index in [0.29, 0.717) is 11.8 Å². The van der Waals surface area contributed by atoms with E-state index in [1.807, 2.05) is 37.3 Å². The Bertz CT molecular complexity index is 858. The van der Waals surface area contributed by atoms with Crippen molar-refractivity contribution in [2.45, 2.75) is 19.9 Å². The molecule has 122 valence electrons. The summed E-state index contributed by atoms with van der Waals surface area (Å²) in [5.41, 5.74) is 2.67. The molecule has 7 heteroatoms. The molecule has 0 aliphatic rings. The van der Waals surface area contributed by atoms with E-state index in [0.717, 1.165) is 16.8 Å². The molecule has 1 N–H and O–H groups in total. The maximum absolute atomic E-state index is 10.9. The van der Waals surface area contributed by atoms with Crippen LogP contribution in [0, 0.1) is 17.0 Å². The van der Waals surface area contributed by atoms with E-state index >= 15 is 0 Å². The Labute approximate surface area is 138 Å². The molecule has 24 heavy (non-hydrogen) atoms. The summed E-state index contributed by atoms with van der Waals surface area (Å²) in [4.78, 5) is 10.5. The van der Waals surface area contributed by atoms with Crippen molar-refractivity contribution >= 4 is 11.4 Å². The normalized spacial score (nSPS) is 11.9. The Morgan fingerprint density at radius 2 is 1.92 bits per heavy atom. The number of nitro groups is 1. The van der Waals surface area contributed by atoms with Crippen molar-refractivity contribution in [1.82, 2.24) is 10.2 Å². The molecule has 1 atom stereocenters. The van der Waals surface area contributed by atoms with Crippen LogP contribution in [0.5, 0.6) is 0 Å². The predicted octanol–water partition coefficient (Wildman–Crippen LogP) is 4.13. The first-order valence-corrected chi connectivity index (χ1v) is 7.44. The summed E-state index contributed by atoms with van der Waals surface area (Å²) in [6, 6.07) is 14.1. The van der Waals surface area contributed by atoms with Gasteiger partial charge in [0.05, 0.1) is 4.92 Å². The molecule has 0 aliphatic carbocycles. The summed E-state index contributed by atoms with van der Waals surface area (Å²) in [5.74, 6) is 0.997. The molecular formula is C17H16N4O3. The minimum atomic E-state index is -0.391. The number of nitrogens with zero attached hydrogens (tertiary/aromatic N) is 3. The largest absolute Gasteiger partial charge is 0.421 e. The van der Waals surface area contributed by atoms with E-state index < -0.39 is 4.92 Å². The monoisotopic (exact) mass is 324 g/mol. The highest BCUT2D eigenvalue weighted by molar-refractivity contribution is 5.58. The van der Waals surface area contributed by atoms with E-state index in [9.17, 15) is 10.1 Å². The lowest BCUT2D eigenvalue weighted by Gasteiger charge is -2.15. The average Bonchev–Trinajstić information content (AvgIpc) is 3.02. The molecule has 0 spiro atoms. The molecule has 0 saturated heterocycles. The fraction of sp³-hybridized carbons (Fsp3) is 0.176. The first-order chi connectivity index (χ1) is 11.5. The van der Waals surface area contributed by atoms with Gasteiger partial charge in [-0.3, -0.25) is 10.1 Å². The zero-order valence-corrected chi connectivity index (χ0v) is 13.3. The van der Waals surface area contributed by atoms with Gasteiger partial charge in [0, 0.05) is 36.3 Å². The molecule has 2 aromatic carbocycles. The average molecular weight is 324 g/mol. The number of nitrogens with one attached hydrogen (secondary N) is 1. The second-order valence-corrected chi connectivity index (χ2v) is 5.42. The number of aryl methyl sites for hydroxylation is 1. The van der Waals surface area contributed by atoms with E-state index in [1.54, 1.807) is 19.1 Å². The summed E-state index contributed by atoms with van der Waals surface area (Å²) >= 11 is 0. The lowest BCUT2D eigenvalue weighted by molar-refractivity contribution is -0.384. The van der Waals surface area contributed by atoms with Gasteiger partial charge in [-0.2, -0.15) is 0 Å². The second-order valence-electron chi connectivity index (χ2n) is 5.42. The molecule has 0 fully saturated rings. The van der Waals surface area contributed by atoms with Gasteiger partial charge >= 0.3 is 0 Å². The highest BCUT2D eigenvalue weighted by Gasteiger charge is 2.11. The number of benzene rings is 2. The highest BCUT2D eigenvalue weighted by Crippen LogP contribution is 2.25. The first-order valence-electron chi connectivity index (χ1n) is 7.44. The highest BCUT2D eigenvalue weighted by atomic mass is 16.6. The molecule has 0 unspecified atom stereocenters. The zero-order valence-electron chi connectivity index (χ0n) is 13.3. The summed E-state index contributed by atoms with van der Waals surface area (Å²) in [6.45, 7) is 3.70. The van der Waals surface area contributed by atoms with Crippen molar-refractivity contribution in [2.24, 2.45) is 0 Å². The maximum Gasteiger partial charge on any atom is 0.269 e. The number of hydrogen-bond acceptors (Lipinski definition) is 6. The molecule has 1 heterocycles. The van der Waals surface area contributed by atoms with Gasteiger partial charge < -0.3 is 9.73 Å². The molecule has 0 radical (unpaired) electrons. The number of non-ortho nitro benzene ring substituents is 1. The van der Waals surface area contributed by atoms with Crippen LogP contribution in [0.15, 0.2) is 52.9 Å². The second kappa shape index (κ2) is 6.49. The van der Waals surface area contributed by atoms with Crippen LogP contribution in [0.25, 0.3) is 11.5 Å². The fourth-order valence-electron chi connectivity index (χ4n) is 2.36. The van der Waals surface area contributed by atoms with Crippen molar-refractivity contribution in [2.75, 3.05) is 5.32 Å². The summed E-state index contributed by atoms with van der Waals surface area (Å²) in [5, 5.41) is 22.0. The van der Waals surface area contributed by atoms with E-state index in [1.165, 1.54) is 6.07 Å². The molecule has 0 bridgehead atoms. The van der Waals surface area contributed by atoms with E-state index in [2.05, 4.69) is 15.5 Å². The van der Waals surface area contributed by atoms with Crippen LogP contribution in [0.4, 0.5) is 11.4 Å². The van der Waals surface area contributed by atoms with Crippen molar-refractivity contribution in [3.63, 3.8) is 0 Å². The Morgan fingerprint density at radius 3 is 2.54 bits per heavy atom. The van der Waals surface area contributed by atoms with Crippen molar-refractivity contribution in [1.29, 1.82) is 0 Å². The molecule has 1 aromatic heterocycles. The van der Waals surface area contributed by atoms with Crippen LogP contribution >= 0.6 is 0 Å². The van der Waals surface area contributed by atoms with E-state index in [4.69, 9.17) is 4.42 Å². The summed E-state index contributed by atoms with van der Waals surface area (Å²) in [6.07, 6.45) is 0. The number of rotatable bonds is 5. The third kappa shape index (κ3) is 3.40. The van der Waals surface area contributed by atoms with Gasteiger partial charge in [0.25, 0.3) is 5.69 Å². The van der Waals surface area contributed by atoms with Gasteiger partial charge in [-0.25, -0.2) is 0 Å². The van der Waals surface area contributed by atoms with Crippen molar-refractivity contribution < 1.29 is 9.34 Å². The molecule has 7 nitrogen and oxygen atoms in total. The van der Waals surface area contributed by atoms with Crippen LogP contribution in [0.3, 0.4) is 0 Å². The summed E-state index contributed by atoms with van der Waals surface area (Å²) < 4.78 is 5.39. The fourth-order valence-corrected chi connectivity index (χ4v) is 2.36. The minimum Gasteiger partial charge on any atom is -0.421 e. The lowest BCUT2D eigenvalue weighted by Crippen LogP contribution is -2.06. The molecular weight excluding hydrogens is 308 g/mol. The minimum absolute atomic E-state index is 0.0681. The standard InChI is InChI=1S/C17H16N4O3/c1-11(14-4-3-5-16(10-14)21(22)23)18-15-8-6-13(7-9-15)17-20-19-12(2)24-17/h3-11,18H,1-2H3/t11-/m0/s1. The van der Waals surface area contributed by atoms with Gasteiger partial charge in [-0.1, -0.05) is 12.1 Å². The maximum atomic E-state index is 10.9. The first kappa shape index (κ1) is 15.7. The Morgan fingerprint density at radius 1 is 1.17 bits per heavy atom. The number of hydrogen-bond donors (Lipinski definition) is 1. The zero-order chi connectivity index (χ0) is 17.1. The predicted molar refractivity (Wildman–Crippen MR) is 89.6 cm³/mol. The quantitative estimate of drug-likeness (QED) is 0.560. The van der Waals surface area contributed by atoms with Crippen LogP contribution in [-0.4, -0.2) is 15.1 Å². The van der Waals surface area contributed by atoms with E-state index in [-0.39, 0.29) is 11.7 Å². The Balaban J connectivity index is 1.73. The molecule has 0 aliphatic heterocycles. The molecule has 3 aromatic rings.